The van der Waals surface area contributed by atoms with E-state index in [4.69, 9.17) is 11.6 Å². The zero-order chi connectivity index (χ0) is 19.0. The standard InChI is InChI=1S/C19H14ClFN4OS/c1-11-8-17(23-18(26)9-12-4-2-3-5-14(12)20)25(24-11)19-22-15-7-6-13(21)10-16(15)27-19/h2-8,10H,9H2,1H3,(H,23,26). The van der Waals surface area contributed by atoms with Crippen molar-refractivity contribution in [3.8, 4) is 5.13 Å². The van der Waals surface area contributed by atoms with Gasteiger partial charge in [-0.15, -0.1) is 0 Å². The molecule has 0 spiro atoms. The van der Waals surface area contributed by atoms with Crippen molar-refractivity contribution in [3.63, 3.8) is 0 Å². The molecular formula is C19H14ClFN4OS. The summed E-state index contributed by atoms with van der Waals surface area (Å²) < 4.78 is 15.7. The van der Waals surface area contributed by atoms with E-state index in [9.17, 15) is 9.18 Å². The number of nitrogens with one attached hydrogen (secondary N) is 1. The molecule has 2 aromatic carbocycles. The van der Waals surface area contributed by atoms with Crippen molar-refractivity contribution in [1.29, 1.82) is 0 Å². The Bertz CT molecular complexity index is 1150. The Balaban J connectivity index is 1.62. The van der Waals surface area contributed by atoms with E-state index in [0.29, 0.717) is 26.2 Å². The van der Waals surface area contributed by atoms with Crippen LogP contribution < -0.4 is 5.32 Å². The first kappa shape index (κ1) is 17.6. The number of carbonyl (C=O) groups excluding carboxylic acids is 1. The van der Waals surface area contributed by atoms with Crippen molar-refractivity contribution in [3.05, 3.63) is 70.6 Å². The van der Waals surface area contributed by atoms with Gasteiger partial charge in [-0.2, -0.15) is 9.78 Å². The van der Waals surface area contributed by atoms with E-state index in [2.05, 4.69) is 15.4 Å². The predicted octanol–water partition coefficient (Wildman–Crippen LogP) is 4.76. The van der Waals surface area contributed by atoms with E-state index in [1.165, 1.54) is 23.5 Å². The van der Waals surface area contributed by atoms with Gasteiger partial charge in [0.25, 0.3) is 0 Å². The van der Waals surface area contributed by atoms with Gasteiger partial charge in [0.05, 0.1) is 22.3 Å². The molecule has 4 aromatic rings. The topological polar surface area (TPSA) is 59.8 Å². The lowest BCUT2D eigenvalue weighted by Gasteiger charge is -2.07. The summed E-state index contributed by atoms with van der Waals surface area (Å²) in [6.07, 6.45) is 0.148. The monoisotopic (exact) mass is 400 g/mol. The van der Waals surface area contributed by atoms with E-state index in [-0.39, 0.29) is 18.1 Å². The van der Waals surface area contributed by atoms with Crippen LogP contribution >= 0.6 is 22.9 Å². The second-order valence-corrected chi connectivity index (χ2v) is 7.42. The molecule has 0 bridgehead atoms. The van der Waals surface area contributed by atoms with E-state index in [0.717, 1.165) is 11.3 Å². The molecule has 8 heteroatoms. The minimum absolute atomic E-state index is 0.148. The normalized spacial score (nSPS) is 11.1. The Morgan fingerprint density at radius 3 is 2.89 bits per heavy atom. The van der Waals surface area contributed by atoms with Crippen LogP contribution in [0.5, 0.6) is 0 Å². The number of thiazole rings is 1. The number of aryl methyl sites for hydroxylation is 1. The molecule has 4 rings (SSSR count). The maximum Gasteiger partial charge on any atom is 0.230 e. The largest absolute Gasteiger partial charge is 0.310 e. The predicted molar refractivity (Wildman–Crippen MR) is 105 cm³/mol. The average Bonchev–Trinajstić information content (AvgIpc) is 3.19. The second-order valence-electron chi connectivity index (χ2n) is 6.01. The molecule has 0 atom stereocenters. The third kappa shape index (κ3) is 3.70. The highest BCUT2D eigenvalue weighted by atomic mass is 35.5. The van der Waals surface area contributed by atoms with Crippen molar-refractivity contribution in [2.75, 3.05) is 5.32 Å². The first-order valence-corrected chi connectivity index (χ1v) is 9.35. The van der Waals surface area contributed by atoms with Gasteiger partial charge in [-0.1, -0.05) is 41.1 Å². The van der Waals surface area contributed by atoms with Crippen molar-refractivity contribution >= 4 is 44.9 Å². The Kier molecular flexibility index (Phi) is 4.63. The Morgan fingerprint density at radius 1 is 1.26 bits per heavy atom. The maximum atomic E-state index is 13.4. The number of anilines is 1. The Labute approximate surface area is 163 Å². The van der Waals surface area contributed by atoms with Crippen LogP contribution in [0.25, 0.3) is 15.3 Å². The van der Waals surface area contributed by atoms with Crippen LogP contribution in [0.3, 0.4) is 0 Å². The summed E-state index contributed by atoms with van der Waals surface area (Å²) in [5.41, 5.74) is 2.15. The van der Waals surface area contributed by atoms with Gasteiger partial charge >= 0.3 is 0 Å². The van der Waals surface area contributed by atoms with Crippen molar-refractivity contribution < 1.29 is 9.18 Å². The van der Waals surface area contributed by atoms with Gasteiger partial charge in [-0.05, 0) is 36.8 Å². The summed E-state index contributed by atoms with van der Waals surface area (Å²) in [6, 6.07) is 13.4. The lowest BCUT2D eigenvalue weighted by molar-refractivity contribution is -0.115. The average molecular weight is 401 g/mol. The number of fused-ring (bicyclic) bond motifs is 1. The molecule has 0 aliphatic rings. The second kappa shape index (κ2) is 7.09. The van der Waals surface area contributed by atoms with Crippen LogP contribution in [0.4, 0.5) is 10.2 Å². The number of hydrogen-bond acceptors (Lipinski definition) is 4. The molecule has 0 saturated heterocycles. The summed E-state index contributed by atoms with van der Waals surface area (Å²) in [7, 11) is 0. The molecule has 27 heavy (non-hydrogen) atoms. The zero-order valence-corrected chi connectivity index (χ0v) is 15.8. The molecule has 0 saturated carbocycles. The molecule has 1 N–H and O–H groups in total. The molecule has 1 amide bonds. The van der Waals surface area contributed by atoms with Crippen LogP contribution in [0.2, 0.25) is 5.02 Å². The maximum absolute atomic E-state index is 13.4. The van der Waals surface area contributed by atoms with Crippen LogP contribution in [0, 0.1) is 12.7 Å². The molecule has 136 valence electrons. The summed E-state index contributed by atoms with van der Waals surface area (Å²) in [6.45, 7) is 1.83. The highest BCUT2D eigenvalue weighted by Crippen LogP contribution is 2.28. The molecule has 5 nitrogen and oxygen atoms in total. The van der Waals surface area contributed by atoms with Gasteiger partial charge in [-0.25, -0.2) is 9.37 Å². The van der Waals surface area contributed by atoms with Gasteiger partial charge < -0.3 is 5.32 Å². The first-order chi connectivity index (χ1) is 13.0. The van der Waals surface area contributed by atoms with E-state index >= 15 is 0 Å². The number of aromatic nitrogens is 3. The molecule has 0 aliphatic heterocycles. The van der Waals surface area contributed by atoms with Crippen LogP contribution in [-0.4, -0.2) is 20.7 Å². The third-order valence-electron chi connectivity index (χ3n) is 3.93. The minimum atomic E-state index is -0.317. The van der Waals surface area contributed by atoms with Gasteiger partial charge in [-0.3, -0.25) is 4.79 Å². The molecule has 0 radical (unpaired) electrons. The summed E-state index contributed by atoms with van der Waals surface area (Å²) in [5.74, 6) is -0.0249. The highest BCUT2D eigenvalue weighted by molar-refractivity contribution is 7.20. The van der Waals surface area contributed by atoms with Crippen LogP contribution in [0.1, 0.15) is 11.3 Å². The third-order valence-corrected chi connectivity index (χ3v) is 5.29. The highest BCUT2D eigenvalue weighted by Gasteiger charge is 2.15. The van der Waals surface area contributed by atoms with Crippen LogP contribution in [0.15, 0.2) is 48.5 Å². The van der Waals surface area contributed by atoms with E-state index in [1.54, 1.807) is 22.9 Å². The zero-order valence-electron chi connectivity index (χ0n) is 14.2. The number of benzene rings is 2. The first-order valence-electron chi connectivity index (χ1n) is 8.16. The number of amides is 1. The number of halogens is 2. The molecule has 0 unspecified atom stereocenters. The summed E-state index contributed by atoms with van der Waals surface area (Å²) >= 11 is 7.43. The fourth-order valence-corrected chi connectivity index (χ4v) is 3.87. The van der Waals surface area contributed by atoms with Gasteiger partial charge in [0.2, 0.25) is 11.0 Å². The number of hydrogen-bond donors (Lipinski definition) is 1. The molecule has 0 fully saturated rings. The van der Waals surface area contributed by atoms with Crippen LogP contribution in [-0.2, 0) is 11.2 Å². The fraction of sp³-hybridized carbons (Fsp3) is 0.105. The Morgan fingerprint density at radius 2 is 2.07 bits per heavy atom. The SMILES string of the molecule is Cc1cc(NC(=O)Cc2ccccc2Cl)n(-c2nc3ccc(F)cc3s2)n1. The Hall–Kier alpha value is -2.77. The molecule has 0 aliphatic carbocycles. The number of rotatable bonds is 4. The number of nitrogens with zero attached hydrogens (tertiary/aromatic N) is 3. The fourth-order valence-electron chi connectivity index (χ4n) is 2.71. The molecular weight excluding hydrogens is 387 g/mol. The minimum Gasteiger partial charge on any atom is -0.310 e. The summed E-state index contributed by atoms with van der Waals surface area (Å²) in [4.78, 5) is 16.9. The van der Waals surface area contributed by atoms with Gasteiger partial charge in [0.1, 0.15) is 11.6 Å². The quantitative estimate of drug-likeness (QED) is 0.537. The summed E-state index contributed by atoms with van der Waals surface area (Å²) in [5, 5.41) is 8.36. The van der Waals surface area contributed by atoms with Crippen molar-refractivity contribution in [2.45, 2.75) is 13.3 Å². The number of carbonyl (C=O) groups is 1. The lowest BCUT2D eigenvalue weighted by Crippen LogP contribution is -2.17. The van der Waals surface area contributed by atoms with E-state index < -0.39 is 0 Å². The smallest absolute Gasteiger partial charge is 0.230 e. The molecule has 2 aromatic heterocycles. The van der Waals surface area contributed by atoms with E-state index in [1.807, 2.05) is 25.1 Å². The van der Waals surface area contributed by atoms with Crippen molar-refractivity contribution in [2.24, 2.45) is 0 Å². The van der Waals surface area contributed by atoms with Crippen molar-refractivity contribution in [1.82, 2.24) is 14.8 Å². The van der Waals surface area contributed by atoms with Gasteiger partial charge in [0.15, 0.2) is 0 Å². The molecule has 2 heterocycles. The van der Waals surface area contributed by atoms with Gasteiger partial charge in [0, 0.05) is 11.1 Å². The lowest BCUT2D eigenvalue weighted by atomic mass is 10.1.